The highest BCUT2D eigenvalue weighted by atomic mass is 16.5. The van der Waals surface area contributed by atoms with Gasteiger partial charge in [-0.2, -0.15) is 0 Å². The minimum absolute atomic E-state index is 0.101. The summed E-state index contributed by atoms with van der Waals surface area (Å²) in [6.07, 6.45) is 0.912. The van der Waals surface area contributed by atoms with Crippen molar-refractivity contribution in [1.82, 2.24) is 0 Å². The zero-order valence-corrected chi connectivity index (χ0v) is 17.3. The molecule has 4 aromatic rings. The number of amides is 1. The van der Waals surface area contributed by atoms with Crippen LogP contribution in [0.5, 0.6) is 5.75 Å². The van der Waals surface area contributed by atoms with Crippen molar-refractivity contribution in [2.45, 2.75) is 19.4 Å². The van der Waals surface area contributed by atoms with Crippen LogP contribution in [0, 0.1) is 0 Å². The number of aryl methyl sites for hydroxylation is 1. The lowest BCUT2D eigenvalue weighted by Gasteiger charge is -2.25. The monoisotopic (exact) mass is 411 g/mol. The number of rotatable bonds is 4. The van der Waals surface area contributed by atoms with Gasteiger partial charge in [-0.1, -0.05) is 43.3 Å². The van der Waals surface area contributed by atoms with Gasteiger partial charge in [0.05, 0.1) is 24.1 Å². The molecule has 1 unspecified atom stereocenters. The van der Waals surface area contributed by atoms with Gasteiger partial charge in [0, 0.05) is 5.69 Å². The van der Waals surface area contributed by atoms with Crippen LogP contribution in [0.4, 0.5) is 5.69 Å². The number of para-hydroxylation sites is 1. The van der Waals surface area contributed by atoms with E-state index in [-0.39, 0.29) is 17.1 Å². The Kier molecular flexibility index (Phi) is 4.59. The molecule has 0 radical (unpaired) electrons. The number of ether oxygens (including phenoxy) is 1. The van der Waals surface area contributed by atoms with Crippen molar-refractivity contribution in [3.63, 3.8) is 0 Å². The fraction of sp³-hybridized carbons (Fsp3) is 0.154. The highest BCUT2D eigenvalue weighted by Gasteiger charge is 2.43. The first-order valence-electron chi connectivity index (χ1n) is 10.2. The third-order valence-electron chi connectivity index (χ3n) is 5.83. The lowest BCUT2D eigenvalue weighted by atomic mass is 9.97. The zero-order chi connectivity index (χ0) is 21.5. The second kappa shape index (κ2) is 7.43. The Morgan fingerprint density at radius 1 is 0.935 bits per heavy atom. The van der Waals surface area contributed by atoms with Gasteiger partial charge in [-0.3, -0.25) is 14.5 Å². The molecule has 31 heavy (non-hydrogen) atoms. The van der Waals surface area contributed by atoms with E-state index in [2.05, 4.69) is 6.92 Å². The van der Waals surface area contributed by atoms with Gasteiger partial charge >= 0.3 is 0 Å². The van der Waals surface area contributed by atoms with Crippen LogP contribution in [0.2, 0.25) is 0 Å². The summed E-state index contributed by atoms with van der Waals surface area (Å²) >= 11 is 0. The van der Waals surface area contributed by atoms with Gasteiger partial charge < -0.3 is 9.15 Å². The van der Waals surface area contributed by atoms with Gasteiger partial charge in [0.25, 0.3) is 5.91 Å². The SMILES string of the molecule is CCc1ccc(C2c3c(oc4ccccc4c3=O)C(=O)N2c2ccc(OC)cc2)cc1. The van der Waals surface area contributed by atoms with E-state index in [1.54, 1.807) is 48.4 Å². The van der Waals surface area contributed by atoms with Gasteiger partial charge in [0.2, 0.25) is 5.76 Å². The molecule has 0 N–H and O–H groups in total. The number of hydrogen-bond donors (Lipinski definition) is 0. The molecule has 1 aliphatic rings. The molecule has 154 valence electrons. The largest absolute Gasteiger partial charge is 0.497 e. The number of benzene rings is 3. The summed E-state index contributed by atoms with van der Waals surface area (Å²) in [6.45, 7) is 2.09. The average molecular weight is 411 g/mol. The first-order valence-corrected chi connectivity index (χ1v) is 10.2. The summed E-state index contributed by atoms with van der Waals surface area (Å²) in [5, 5.41) is 0.473. The molecule has 5 nitrogen and oxygen atoms in total. The molecule has 1 aliphatic heterocycles. The van der Waals surface area contributed by atoms with E-state index in [9.17, 15) is 9.59 Å². The maximum absolute atomic E-state index is 13.5. The van der Waals surface area contributed by atoms with Crippen molar-refractivity contribution in [1.29, 1.82) is 0 Å². The van der Waals surface area contributed by atoms with Crippen LogP contribution in [0.15, 0.2) is 82.0 Å². The van der Waals surface area contributed by atoms with Crippen molar-refractivity contribution < 1.29 is 13.9 Å². The molecule has 1 aromatic heterocycles. The number of methoxy groups -OCH3 is 1. The first kappa shape index (κ1) is 19.1. The molecule has 1 amide bonds. The highest BCUT2D eigenvalue weighted by Crippen LogP contribution is 2.41. The second-order valence-electron chi connectivity index (χ2n) is 7.54. The summed E-state index contributed by atoms with van der Waals surface area (Å²) in [5.74, 6) is 0.466. The standard InChI is InChI=1S/C26H21NO4/c1-3-16-8-10-17(11-9-16)23-22-24(28)20-6-4-5-7-21(20)31-25(22)26(29)27(23)18-12-14-19(30-2)15-13-18/h4-15,23H,3H2,1-2H3. The number of hydrogen-bond acceptors (Lipinski definition) is 4. The molecule has 0 saturated carbocycles. The van der Waals surface area contributed by atoms with Crippen molar-refractivity contribution in [3.05, 3.63) is 105 Å². The molecule has 5 heteroatoms. The Balaban J connectivity index is 1.76. The lowest BCUT2D eigenvalue weighted by molar-refractivity contribution is 0.0971. The van der Waals surface area contributed by atoms with Crippen LogP contribution < -0.4 is 15.1 Å². The number of carbonyl (C=O) groups is 1. The van der Waals surface area contributed by atoms with E-state index in [4.69, 9.17) is 9.15 Å². The molecule has 0 fully saturated rings. The molecule has 0 saturated heterocycles. The van der Waals surface area contributed by atoms with E-state index in [0.29, 0.717) is 28.0 Å². The van der Waals surface area contributed by atoms with Crippen molar-refractivity contribution >= 4 is 22.6 Å². The summed E-state index contributed by atoms with van der Waals surface area (Å²) in [6, 6.07) is 21.7. The number of anilines is 1. The van der Waals surface area contributed by atoms with E-state index < -0.39 is 6.04 Å². The van der Waals surface area contributed by atoms with Crippen LogP contribution in [-0.2, 0) is 6.42 Å². The average Bonchev–Trinajstić information content (AvgIpc) is 3.12. The van der Waals surface area contributed by atoms with Crippen LogP contribution >= 0.6 is 0 Å². The van der Waals surface area contributed by atoms with E-state index in [1.807, 2.05) is 36.4 Å². The molecular formula is C26H21NO4. The maximum atomic E-state index is 13.5. The topological polar surface area (TPSA) is 59.8 Å². The molecule has 0 aliphatic carbocycles. The molecule has 3 aromatic carbocycles. The zero-order valence-electron chi connectivity index (χ0n) is 17.3. The lowest BCUT2D eigenvalue weighted by Crippen LogP contribution is -2.29. The first-order chi connectivity index (χ1) is 15.1. The Labute approximate surface area is 179 Å². The van der Waals surface area contributed by atoms with Gasteiger partial charge in [-0.05, 0) is 53.9 Å². The Bertz CT molecular complexity index is 1340. The predicted octanol–water partition coefficient (Wildman–Crippen LogP) is 5.11. The molecule has 1 atom stereocenters. The number of carbonyl (C=O) groups excluding carboxylic acids is 1. The van der Waals surface area contributed by atoms with Crippen molar-refractivity contribution in [3.8, 4) is 5.75 Å². The van der Waals surface area contributed by atoms with Crippen LogP contribution in [-0.4, -0.2) is 13.0 Å². The maximum Gasteiger partial charge on any atom is 0.295 e. The highest BCUT2D eigenvalue weighted by molar-refractivity contribution is 6.10. The minimum Gasteiger partial charge on any atom is -0.497 e. The summed E-state index contributed by atoms with van der Waals surface area (Å²) in [7, 11) is 1.60. The normalized spacial score (nSPS) is 15.4. The Morgan fingerprint density at radius 3 is 2.32 bits per heavy atom. The number of nitrogens with zero attached hydrogens (tertiary/aromatic N) is 1. The molecule has 0 spiro atoms. The van der Waals surface area contributed by atoms with Crippen molar-refractivity contribution in [2.75, 3.05) is 12.0 Å². The van der Waals surface area contributed by atoms with Gasteiger partial charge in [0.15, 0.2) is 5.43 Å². The quantitative estimate of drug-likeness (QED) is 0.468. The van der Waals surface area contributed by atoms with Crippen LogP contribution in [0.3, 0.4) is 0 Å². The summed E-state index contributed by atoms with van der Waals surface area (Å²) in [4.78, 5) is 28.6. The van der Waals surface area contributed by atoms with Crippen molar-refractivity contribution in [2.24, 2.45) is 0 Å². The Hall–Kier alpha value is -3.86. The molecular weight excluding hydrogens is 390 g/mol. The van der Waals surface area contributed by atoms with Crippen LogP contribution in [0.25, 0.3) is 11.0 Å². The fourth-order valence-electron chi connectivity index (χ4n) is 4.18. The smallest absolute Gasteiger partial charge is 0.295 e. The number of fused-ring (bicyclic) bond motifs is 2. The third-order valence-corrected chi connectivity index (χ3v) is 5.83. The minimum atomic E-state index is -0.567. The summed E-state index contributed by atoms with van der Waals surface area (Å²) < 4.78 is 11.2. The fourth-order valence-corrected chi connectivity index (χ4v) is 4.18. The molecule has 5 rings (SSSR count). The predicted molar refractivity (Wildman–Crippen MR) is 120 cm³/mol. The van der Waals surface area contributed by atoms with Gasteiger partial charge in [0.1, 0.15) is 11.3 Å². The van der Waals surface area contributed by atoms with Crippen LogP contribution in [0.1, 0.15) is 40.2 Å². The van der Waals surface area contributed by atoms with E-state index >= 15 is 0 Å². The summed E-state index contributed by atoms with van der Waals surface area (Å²) in [5.41, 5.74) is 3.34. The molecule has 0 bridgehead atoms. The van der Waals surface area contributed by atoms with E-state index in [0.717, 1.165) is 12.0 Å². The van der Waals surface area contributed by atoms with Gasteiger partial charge in [-0.15, -0.1) is 0 Å². The second-order valence-corrected chi connectivity index (χ2v) is 7.54. The molecule has 2 heterocycles. The Morgan fingerprint density at radius 2 is 1.65 bits per heavy atom. The van der Waals surface area contributed by atoms with E-state index in [1.165, 1.54) is 5.56 Å². The third kappa shape index (κ3) is 3.01. The van der Waals surface area contributed by atoms with Gasteiger partial charge in [-0.25, -0.2) is 0 Å².